The van der Waals surface area contributed by atoms with Crippen molar-refractivity contribution in [1.29, 1.82) is 0 Å². The molecule has 0 spiro atoms. The summed E-state index contributed by atoms with van der Waals surface area (Å²) < 4.78 is 6.32. The summed E-state index contributed by atoms with van der Waals surface area (Å²) in [7, 11) is 0. The molecule has 1 fully saturated rings. The fraction of sp³-hybridized carbons (Fsp3) is 0.375. The van der Waals surface area contributed by atoms with Gasteiger partial charge in [0.1, 0.15) is 12.4 Å². The first kappa shape index (κ1) is 26.4. The predicted molar refractivity (Wildman–Crippen MR) is 158 cm³/mol. The van der Waals surface area contributed by atoms with Crippen LogP contribution in [0.4, 0.5) is 5.69 Å². The van der Waals surface area contributed by atoms with Crippen LogP contribution in [0, 0.1) is 17.8 Å². The second kappa shape index (κ2) is 10.6. The van der Waals surface area contributed by atoms with E-state index < -0.39 is 5.97 Å². The van der Waals surface area contributed by atoms with Gasteiger partial charge in [-0.05, 0) is 84.3 Å². The lowest BCUT2D eigenvalue weighted by Crippen LogP contribution is -2.26. The van der Waals surface area contributed by atoms with Gasteiger partial charge in [0, 0.05) is 40.2 Å². The smallest absolute Gasteiger partial charge is 0.307 e. The molecule has 2 heterocycles. The van der Waals surface area contributed by atoms with Gasteiger partial charge < -0.3 is 9.84 Å². The molecule has 2 aliphatic carbocycles. The van der Waals surface area contributed by atoms with E-state index in [0.29, 0.717) is 25.5 Å². The fourth-order valence-corrected chi connectivity index (χ4v) is 6.78. The molecule has 2 aromatic carbocycles. The number of carboxylic acids is 1. The molecule has 0 radical (unpaired) electrons. The van der Waals surface area contributed by atoms with E-state index in [1.165, 1.54) is 11.1 Å². The third-order valence-corrected chi connectivity index (χ3v) is 9.03. The largest absolute Gasteiger partial charge is 0.489 e. The molecule has 1 N–H and O–H groups in total. The number of carbonyl (C=O) groups is 1. The van der Waals surface area contributed by atoms with Gasteiger partial charge in [-0.3, -0.25) is 14.7 Å². The maximum Gasteiger partial charge on any atom is 0.307 e. The van der Waals surface area contributed by atoms with Gasteiger partial charge in [-0.15, -0.1) is 0 Å². The van der Waals surface area contributed by atoms with Crippen LogP contribution >= 0.6 is 23.2 Å². The molecule has 6 rings (SSSR count). The molecular formula is C32H32Cl2N2O3. The lowest BCUT2D eigenvalue weighted by atomic mass is 9.82. The quantitative estimate of drug-likeness (QED) is 0.380. The Hall–Kier alpha value is -2.86. The van der Waals surface area contributed by atoms with E-state index >= 15 is 0 Å². The standard InChI is InChI=1S/C32H32Cl2N2O3/c1-18(2)26-13-23(33)14-27-29-22(4-3-5-28(29)35-31(26)27)17-39-24-8-9-25-19(12-24)6-7-20(30(25)34)15-36-11-10-21(16-36)32(37)38/h3-5,8-9,12-14,18,21,26H,6-7,10-11,15-17H2,1-2H3,(H,37,38)/t21-,26?/m1/s1. The van der Waals surface area contributed by atoms with Gasteiger partial charge in [0.2, 0.25) is 0 Å². The van der Waals surface area contributed by atoms with Crippen LogP contribution in [0.3, 0.4) is 0 Å². The lowest BCUT2D eigenvalue weighted by molar-refractivity contribution is -0.141. The number of rotatable bonds is 7. The molecule has 0 bridgehead atoms. The Kier molecular flexibility index (Phi) is 7.17. The van der Waals surface area contributed by atoms with Crippen molar-refractivity contribution < 1.29 is 14.6 Å². The highest BCUT2D eigenvalue weighted by molar-refractivity contribution is 6.49. The first-order chi connectivity index (χ1) is 18.8. The summed E-state index contributed by atoms with van der Waals surface area (Å²) in [6.07, 6.45) is 6.60. The normalized spacial score (nSPS) is 22.2. The molecule has 5 nitrogen and oxygen atoms in total. The average Bonchev–Trinajstić information content (AvgIpc) is 3.53. The van der Waals surface area contributed by atoms with E-state index in [9.17, 15) is 9.90 Å². The van der Waals surface area contributed by atoms with Crippen LogP contribution in [-0.4, -0.2) is 41.3 Å². The monoisotopic (exact) mass is 562 g/mol. The molecule has 1 unspecified atom stereocenters. The van der Waals surface area contributed by atoms with E-state index in [4.69, 9.17) is 32.9 Å². The van der Waals surface area contributed by atoms with Gasteiger partial charge in [-0.2, -0.15) is 0 Å². The zero-order valence-corrected chi connectivity index (χ0v) is 23.7. The summed E-state index contributed by atoms with van der Waals surface area (Å²) in [4.78, 5) is 18.5. The molecule has 0 saturated carbocycles. The number of benzene rings is 2. The van der Waals surface area contributed by atoms with Crippen LogP contribution in [0.2, 0.25) is 0 Å². The summed E-state index contributed by atoms with van der Waals surface area (Å²) in [5, 5.41) is 10.9. The summed E-state index contributed by atoms with van der Waals surface area (Å²) in [6.45, 7) is 6.96. The minimum Gasteiger partial charge on any atom is -0.489 e. The van der Waals surface area contributed by atoms with Crippen molar-refractivity contribution in [3.05, 3.63) is 81.4 Å². The molecule has 2 aliphatic heterocycles. The number of fused-ring (bicyclic) bond motifs is 4. The fourth-order valence-electron chi connectivity index (χ4n) is 6.20. The Balaban J connectivity index is 1.17. The Morgan fingerprint density at radius 2 is 2.05 bits per heavy atom. The van der Waals surface area contributed by atoms with Crippen LogP contribution < -0.4 is 4.74 Å². The number of hydrogen-bond donors (Lipinski definition) is 1. The molecule has 202 valence electrons. The van der Waals surface area contributed by atoms with Gasteiger partial charge in [-0.25, -0.2) is 0 Å². The lowest BCUT2D eigenvalue weighted by Gasteiger charge is -2.24. The highest BCUT2D eigenvalue weighted by atomic mass is 35.5. The third kappa shape index (κ3) is 5.08. The second-order valence-corrected chi connectivity index (χ2v) is 12.1. The first-order valence-corrected chi connectivity index (χ1v) is 14.4. The number of aryl methyl sites for hydroxylation is 1. The van der Waals surface area contributed by atoms with Crippen molar-refractivity contribution in [2.24, 2.45) is 22.7 Å². The zero-order chi connectivity index (χ0) is 27.3. The van der Waals surface area contributed by atoms with Gasteiger partial charge in [-0.1, -0.05) is 55.3 Å². The minimum absolute atomic E-state index is 0.200. The number of aliphatic imine (C=N–C) groups is 1. The van der Waals surface area contributed by atoms with Gasteiger partial charge in [0.15, 0.2) is 0 Å². The molecule has 2 atom stereocenters. The number of hydrogen-bond acceptors (Lipinski definition) is 4. The number of nitrogens with zero attached hydrogens (tertiary/aromatic N) is 2. The Labute approximate surface area is 239 Å². The number of allylic oxidation sites excluding steroid dienone is 4. The number of likely N-dealkylation sites (tertiary alicyclic amines) is 1. The molecule has 2 aromatic rings. The predicted octanol–water partition coefficient (Wildman–Crippen LogP) is 7.45. The molecule has 7 heteroatoms. The van der Waals surface area contributed by atoms with E-state index in [1.807, 2.05) is 24.3 Å². The van der Waals surface area contributed by atoms with Crippen LogP contribution in [0.15, 0.2) is 64.1 Å². The maximum atomic E-state index is 11.3. The molecule has 1 saturated heterocycles. The Bertz CT molecular complexity index is 1470. The van der Waals surface area contributed by atoms with Crippen LogP contribution in [-0.2, 0) is 17.8 Å². The summed E-state index contributed by atoms with van der Waals surface area (Å²) in [5.41, 5.74) is 8.80. The van der Waals surface area contributed by atoms with Gasteiger partial charge in [0.05, 0.1) is 17.3 Å². The summed E-state index contributed by atoms with van der Waals surface area (Å²) >= 11 is 13.4. The summed E-state index contributed by atoms with van der Waals surface area (Å²) in [5.74, 6) is 0.444. The number of carboxylic acid groups (broad SMARTS) is 1. The molecule has 0 amide bonds. The average molecular weight is 564 g/mol. The SMILES string of the molecule is CC(C)C1C=C(Cl)C=C2C1=Nc1cccc(COc3ccc4c(c3)CCC(CN3CC[C@@H](C(=O)O)C3)=C4Cl)c12. The summed E-state index contributed by atoms with van der Waals surface area (Å²) in [6, 6.07) is 12.3. The second-order valence-electron chi connectivity index (χ2n) is 11.3. The Morgan fingerprint density at radius 3 is 2.82 bits per heavy atom. The van der Waals surface area contributed by atoms with Crippen molar-refractivity contribution in [3.8, 4) is 5.75 Å². The maximum absolute atomic E-state index is 11.3. The number of aliphatic carboxylic acids is 1. The van der Waals surface area contributed by atoms with Crippen LogP contribution in [0.5, 0.6) is 5.75 Å². The number of ether oxygens (including phenoxy) is 1. The highest BCUT2D eigenvalue weighted by Gasteiger charge is 2.33. The van der Waals surface area contributed by atoms with Gasteiger partial charge in [0.25, 0.3) is 0 Å². The van der Waals surface area contributed by atoms with E-state index in [0.717, 1.165) is 75.4 Å². The van der Waals surface area contributed by atoms with Crippen molar-refractivity contribution >= 4 is 51.2 Å². The third-order valence-electron chi connectivity index (χ3n) is 8.32. The van der Waals surface area contributed by atoms with Crippen molar-refractivity contribution in [2.45, 2.75) is 39.7 Å². The van der Waals surface area contributed by atoms with E-state index in [1.54, 1.807) is 0 Å². The number of halogens is 2. The van der Waals surface area contributed by atoms with Crippen molar-refractivity contribution in [3.63, 3.8) is 0 Å². The van der Waals surface area contributed by atoms with Gasteiger partial charge >= 0.3 is 5.97 Å². The van der Waals surface area contributed by atoms with Crippen LogP contribution in [0.1, 0.15) is 48.9 Å². The van der Waals surface area contributed by atoms with E-state index in [2.05, 4.69) is 43.0 Å². The van der Waals surface area contributed by atoms with E-state index in [-0.39, 0.29) is 11.8 Å². The molecular weight excluding hydrogens is 531 g/mol. The highest BCUT2D eigenvalue weighted by Crippen LogP contribution is 2.45. The van der Waals surface area contributed by atoms with Crippen molar-refractivity contribution in [2.75, 3.05) is 19.6 Å². The molecule has 39 heavy (non-hydrogen) atoms. The van der Waals surface area contributed by atoms with Crippen molar-refractivity contribution in [1.82, 2.24) is 4.90 Å². The topological polar surface area (TPSA) is 62.1 Å². The zero-order valence-electron chi connectivity index (χ0n) is 22.2. The molecule has 4 aliphatic rings. The molecule has 0 aromatic heterocycles. The first-order valence-electron chi connectivity index (χ1n) is 13.7. The minimum atomic E-state index is -0.705. The van der Waals surface area contributed by atoms with Crippen LogP contribution in [0.25, 0.3) is 10.6 Å². The Morgan fingerprint density at radius 1 is 1.21 bits per heavy atom.